The van der Waals surface area contributed by atoms with Gasteiger partial charge in [-0.05, 0) is 43.4 Å². The summed E-state index contributed by atoms with van der Waals surface area (Å²) in [6.07, 6.45) is 2.56. The molecule has 0 aliphatic heterocycles. The van der Waals surface area contributed by atoms with E-state index in [-0.39, 0.29) is 0 Å². The molecule has 0 aromatic heterocycles. The minimum absolute atomic E-state index is 1.10. The Kier molecular flexibility index (Phi) is 5.25. The molecule has 0 heterocycles. The maximum absolute atomic E-state index is 3.04. The highest BCUT2D eigenvalue weighted by molar-refractivity contribution is 7.99. The molecular weight excluding hydrogens is 188 g/mol. The Bertz CT molecular complexity index is 313. The zero-order chi connectivity index (χ0) is 10.2. The Morgan fingerprint density at radius 1 is 1.21 bits per heavy atom. The van der Waals surface area contributed by atoms with E-state index in [4.69, 9.17) is 0 Å². The van der Waals surface area contributed by atoms with Gasteiger partial charge in [-0.2, -0.15) is 0 Å². The first-order valence-electron chi connectivity index (χ1n) is 5.02. The van der Waals surface area contributed by atoms with Crippen molar-refractivity contribution in [3.63, 3.8) is 0 Å². The van der Waals surface area contributed by atoms with E-state index in [9.17, 15) is 0 Å². The predicted molar refractivity (Wildman–Crippen MR) is 64.6 cm³/mol. The molecule has 1 rings (SSSR count). The molecule has 0 N–H and O–H groups in total. The van der Waals surface area contributed by atoms with Gasteiger partial charge in [0.1, 0.15) is 0 Å². The predicted octanol–water partition coefficient (Wildman–Crippen LogP) is 3.95. The summed E-state index contributed by atoms with van der Waals surface area (Å²) in [5.41, 5.74) is 1.10. The molecule has 0 radical (unpaired) electrons. The van der Waals surface area contributed by atoms with E-state index in [0.717, 1.165) is 5.56 Å². The fourth-order valence-corrected chi connectivity index (χ4v) is 2.11. The molecule has 0 nitrogen and oxygen atoms in total. The second kappa shape index (κ2) is 6.56. The van der Waals surface area contributed by atoms with Crippen molar-refractivity contribution in [1.29, 1.82) is 0 Å². The second-order valence-electron chi connectivity index (χ2n) is 3.10. The van der Waals surface area contributed by atoms with Gasteiger partial charge in [0.15, 0.2) is 0 Å². The minimum atomic E-state index is 1.10. The van der Waals surface area contributed by atoms with Gasteiger partial charge in [0.25, 0.3) is 0 Å². The van der Waals surface area contributed by atoms with Gasteiger partial charge in [-0.25, -0.2) is 0 Å². The van der Waals surface area contributed by atoms with Gasteiger partial charge in [0.2, 0.25) is 0 Å². The largest absolute Gasteiger partial charge is 0.126 e. The van der Waals surface area contributed by atoms with Crippen LogP contribution >= 0.6 is 11.8 Å². The Labute approximate surface area is 91.1 Å². The molecule has 0 saturated heterocycles. The summed E-state index contributed by atoms with van der Waals surface area (Å²) in [5.74, 6) is 7.16. The van der Waals surface area contributed by atoms with Crippen LogP contribution in [0.25, 0.3) is 0 Å². The summed E-state index contributed by atoms with van der Waals surface area (Å²) >= 11 is 1.92. The van der Waals surface area contributed by atoms with E-state index in [0.29, 0.717) is 0 Å². The first kappa shape index (κ1) is 11.2. The molecule has 74 valence electrons. The van der Waals surface area contributed by atoms with Gasteiger partial charge in [0, 0.05) is 10.5 Å². The van der Waals surface area contributed by atoms with Crippen molar-refractivity contribution >= 4 is 11.8 Å². The highest BCUT2D eigenvalue weighted by atomic mass is 32.2. The smallest absolute Gasteiger partial charge is 0.0245 e. The second-order valence-corrected chi connectivity index (χ2v) is 4.27. The van der Waals surface area contributed by atoms with E-state index in [1.807, 2.05) is 18.7 Å². The SMILES string of the molecule is CC#Cc1ccc(SCCCC)cc1. The first-order valence-corrected chi connectivity index (χ1v) is 6.01. The molecule has 0 bridgehead atoms. The van der Waals surface area contributed by atoms with Gasteiger partial charge in [-0.15, -0.1) is 17.7 Å². The summed E-state index contributed by atoms with van der Waals surface area (Å²) in [6.45, 7) is 4.09. The molecule has 0 amide bonds. The molecule has 0 aliphatic rings. The Morgan fingerprint density at radius 2 is 1.93 bits per heavy atom. The lowest BCUT2D eigenvalue weighted by Crippen LogP contribution is -1.79. The van der Waals surface area contributed by atoms with Crippen molar-refractivity contribution in [2.45, 2.75) is 31.6 Å². The van der Waals surface area contributed by atoms with Crippen LogP contribution in [0.4, 0.5) is 0 Å². The van der Waals surface area contributed by atoms with E-state index < -0.39 is 0 Å². The molecule has 1 aromatic carbocycles. The van der Waals surface area contributed by atoms with Crippen LogP contribution in [0.5, 0.6) is 0 Å². The maximum atomic E-state index is 3.04. The maximum Gasteiger partial charge on any atom is 0.0245 e. The average Bonchev–Trinajstić information content (AvgIpc) is 2.21. The van der Waals surface area contributed by atoms with Crippen LogP contribution in [0.2, 0.25) is 0 Å². The van der Waals surface area contributed by atoms with Gasteiger partial charge in [0.05, 0.1) is 0 Å². The van der Waals surface area contributed by atoms with Crippen LogP contribution in [-0.4, -0.2) is 5.75 Å². The van der Waals surface area contributed by atoms with Crippen molar-refractivity contribution in [3.05, 3.63) is 29.8 Å². The quantitative estimate of drug-likeness (QED) is 0.406. The van der Waals surface area contributed by atoms with E-state index >= 15 is 0 Å². The number of unbranched alkanes of at least 4 members (excludes halogenated alkanes) is 1. The molecule has 0 fully saturated rings. The van der Waals surface area contributed by atoms with Crippen molar-refractivity contribution in [3.8, 4) is 11.8 Å². The fourth-order valence-electron chi connectivity index (χ4n) is 1.11. The minimum Gasteiger partial charge on any atom is -0.126 e. The Balaban J connectivity index is 2.49. The standard InChI is InChI=1S/C13H16S/c1-3-5-11-14-13-9-7-12(6-4-2)8-10-13/h7-10H,3,5,11H2,1-2H3. The summed E-state index contributed by atoms with van der Waals surface area (Å²) in [7, 11) is 0. The molecule has 0 saturated carbocycles. The van der Waals surface area contributed by atoms with E-state index in [1.54, 1.807) is 0 Å². The third-order valence-electron chi connectivity index (χ3n) is 1.89. The molecule has 14 heavy (non-hydrogen) atoms. The molecule has 0 spiro atoms. The Morgan fingerprint density at radius 3 is 2.50 bits per heavy atom. The van der Waals surface area contributed by atoms with Gasteiger partial charge < -0.3 is 0 Å². The number of rotatable bonds is 4. The molecule has 0 aliphatic carbocycles. The summed E-state index contributed by atoms with van der Waals surface area (Å²) in [6, 6.07) is 8.48. The monoisotopic (exact) mass is 204 g/mol. The average molecular weight is 204 g/mol. The number of thioether (sulfide) groups is 1. The van der Waals surface area contributed by atoms with Crippen LogP contribution in [0.15, 0.2) is 29.2 Å². The molecular formula is C13H16S. The first-order chi connectivity index (χ1) is 6.86. The normalized spacial score (nSPS) is 9.29. The third kappa shape index (κ3) is 3.89. The van der Waals surface area contributed by atoms with Gasteiger partial charge >= 0.3 is 0 Å². The summed E-state index contributed by atoms with van der Waals surface area (Å²) in [5, 5.41) is 0. The zero-order valence-corrected chi connectivity index (χ0v) is 9.66. The lowest BCUT2D eigenvalue weighted by Gasteiger charge is -1.99. The fraction of sp³-hybridized carbons (Fsp3) is 0.385. The number of benzene rings is 1. The van der Waals surface area contributed by atoms with E-state index in [1.165, 1.54) is 23.5 Å². The zero-order valence-electron chi connectivity index (χ0n) is 8.84. The number of hydrogen-bond donors (Lipinski definition) is 0. The highest BCUT2D eigenvalue weighted by Gasteiger charge is 1.93. The van der Waals surface area contributed by atoms with Crippen LogP contribution < -0.4 is 0 Å². The van der Waals surface area contributed by atoms with Crippen LogP contribution in [-0.2, 0) is 0 Å². The van der Waals surface area contributed by atoms with Crippen molar-refractivity contribution in [1.82, 2.24) is 0 Å². The lowest BCUT2D eigenvalue weighted by molar-refractivity contribution is 0.896. The van der Waals surface area contributed by atoms with Crippen LogP contribution in [0.1, 0.15) is 32.3 Å². The molecule has 1 aromatic rings. The van der Waals surface area contributed by atoms with Crippen molar-refractivity contribution in [2.24, 2.45) is 0 Å². The Hall–Kier alpha value is -0.870. The van der Waals surface area contributed by atoms with Gasteiger partial charge in [-0.3, -0.25) is 0 Å². The highest BCUT2D eigenvalue weighted by Crippen LogP contribution is 2.19. The lowest BCUT2D eigenvalue weighted by atomic mass is 10.2. The van der Waals surface area contributed by atoms with Crippen LogP contribution in [0.3, 0.4) is 0 Å². The molecule has 0 unspecified atom stereocenters. The molecule has 0 atom stereocenters. The van der Waals surface area contributed by atoms with E-state index in [2.05, 4.69) is 43.0 Å². The number of hydrogen-bond acceptors (Lipinski definition) is 1. The third-order valence-corrected chi connectivity index (χ3v) is 2.99. The van der Waals surface area contributed by atoms with Crippen molar-refractivity contribution in [2.75, 3.05) is 5.75 Å². The van der Waals surface area contributed by atoms with Gasteiger partial charge in [-0.1, -0.05) is 19.3 Å². The van der Waals surface area contributed by atoms with Crippen molar-refractivity contribution < 1.29 is 0 Å². The molecule has 1 heteroatoms. The van der Waals surface area contributed by atoms with Crippen LogP contribution in [0, 0.1) is 11.8 Å². The topological polar surface area (TPSA) is 0 Å². The summed E-state index contributed by atoms with van der Waals surface area (Å²) in [4.78, 5) is 1.35. The summed E-state index contributed by atoms with van der Waals surface area (Å²) < 4.78 is 0.